The molecule has 4 nitrogen and oxygen atoms in total. The predicted octanol–water partition coefficient (Wildman–Crippen LogP) is 7.50. The van der Waals surface area contributed by atoms with Gasteiger partial charge >= 0.3 is 0 Å². The Labute approximate surface area is 257 Å². The molecule has 0 spiro atoms. The molecular formula is C30H37Cl2N3OS3. The van der Waals surface area contributed by atoms with Crippen molar-refractivity contribution in [2.45, 2.75) is 57.4 Å². The van der Waals surface area contributed by atoms with Crippen molar-refractivity contribution in [2.24, 2.45) is 11.8 Å². The molecule has 4 aliphatic rings. The molecule has 0 radical (unpaired) electrons. The number of carbonyl (C=O) groups is 1. The number of aryl methyl sites for hydroxylation is 1. The Morgan fingerprint density at radius 1 is 1.08 bits per heavy atom. The fourth-order valence-electron chi connectivity index (χ4n) is 6.69. The zero-order valence-corrected chi connectivity index (χ0v) is 26.2. The molecule has 2 saturated heterocycles. The van der Waals surface area contributed by atoms with E-state index in [4.69, 9.17) is 23.8 Å². The average molecular weight is 623 g/mol. The minimum Gasteiger partial charge on any atom is -0.314 e. The van der Waals surface area contributed by atoms with Gasteiger partial charge in [0, 0.05) is 47.0 Å². The highest BCUT2D eigenvalue weighted by Crippen LogP contribution is 2.49. The molecule has 9 heteroatoms. The number of unbranched alkanes of at least 4 members (excludes halogenated alkanes) is 2. The van der Waals surface area contributed by atoms with Crippen molar-refractivity contribution >= 4 is 75.6 Å². The monoisotopic (exact) mass is 621 g/mol. The molecule has 2 aliphatic carbocycles. The normalized spacial score (nSPS) is 26.1. The number of rotatable bonds is 9. The van der Waals surface area contributed by atoms with Crippen LogP contribution in [0.5, 0.6) is 0 Å². The third-order valence-electron chi connectivity index (χ3n) is 8.72. The van der Waals surface area contributed by atoms with Gasteiger partial charge < -0.3 is 10.2 Å². The van der Waals surface area contributed by atoms with Crippen molar-refractivity contribution < 1.29 is 4.79 Å². The largest absolute Gasteiger partial charge is 0.314 e. The summed E-state index contributed by atoms with van der Waals surface area (Å²) in [7, 11) is 0. The number of hydrogen-bond acceptors (Lipinski definition) is 6. The number of halogens is 2. The Morgan fingerprint density at radius 3 is 2.59 bits per heavy atom. The number of thiophene rings is 1. The summed E-state index contributed by atoms with van der Waals surface area (Å²) in [5, 5.41) is 4.18. The molecule has 3 unspecified atom stereocenters. The van der Waals surface area contributed by atoms with Gasteiger partial charge in [-0.2, -0.15) is 0 Å². The summed E-state index contributed by atoms with van der Waals surface area (Å²) in [5.74, 6) is 1.55. The van der Waals surface area contributed by atoms with E-state index in [2.05, 4.69) is 34.5 Å². The number of thioether (sulfide) groups is 1. The number of thiocarbonyl (C=S) groups is 1. The van der Waals surface area contributed by atoms with Crippen LogP contribution in [0.1, 0.15) is 55.4 Å². The van der Waals surface area contributed by atoms with Crippen LogP contribution in [0, 0.1) is 11.8 Å². The smallest absolute Gasteiger partial charge is 0.266 e. The fourth-order valence-corrected chi connectivity index (χ4v) is 9.41. The maximum atomic E-state index is 13.6. The van der Waals surface area contributed by atoms with Crippen molar-refractivity contribution in [3.8, 4) is 10.4 Å². The summed E-state index contributed by atoms with van der Waals surface area (Å²) in [4.78, 5) is 21.4. The molecular weight excluding hydrogens is 585 g/mol. The van der Waals surface area contributed by atoms with Gasteiger partial charge in [-0.3, -0.25) is 9.69 Å². The van der Waals surface area contributed by atoms with Crippen LogP contribution in [0.15, 0.2) is 35.2 Å². The van der Waals surface area contributed by atoms with Crippen LogP contribution in [-0.4, -0.2) is 58.8 Å². The van der Waals surface area contributed by atoms with Gasteiger partial charge in [0.25, 0.3) is 5.91 Å². The lowest BCUT2D eigenvalue weighted by Crippen LogP contribution is -2.43. The van der Waals surface area contributed by atoms with Gasteiger partial charge in [-0.25, -0.2) is 0 Å². The number of fused-ring (bicyclic) bond motifs is 2. The summed E-state index contributed by atoms with van der Waals surface area (Å²) in [6.07, 6.45) is 11.8. The standard InChI is InChI=1S/C30H36ClN3OS3.ClH/c31-24-9-7-21(8-10-24)26-18-23(4-2-1-3-13-33-14-11-32-12-15-33)27(37-26)19-28-29(35)34(30(36)38-28)25-17-20-5-6-22(25)16-20;/h7-10,18-20,22,25,32H,1-6,11-17H2;1H/b28-19-;. The van der Waals surface area contributed by atoms with Crippen LogP contribution in [0.25, 0.3) is 16.5 Å². The number of piperazine rings is 1. The topological polar surface area (TPSA) is 35.6 Å². The van der Waals surface area contributed by atoms with Gasteiger partial charge in [0.2, 0.25) is 0 Å². The minimum atomic E-state index is 0. The lowest BCUT2D eigenvalue weighted by Gasteiger charge is -2.30. The van der Waals surface area contributed by atoms with Crippen LogP contribution in [-0.2, 0) is 11.2 Å². The van der Waals surface area contributed by atoms with Crippen molar-refractivity contribution in [1.82, 2.24) is 15.1 Å². The van der Waals surface area contributed by atoms with Gasteiger partial charge in [-0.05, 0) is 92.3 Å². The summed E-state index contributed by atoms with van der Waals surface area (Å²) >= 11 is 15.2. The number of benzene rings is 1. The second-order valence-corrected chi connectivity index (χ2v) is 14.4. The molecule has 2 bridgehead atoms. The molecule has 1 amide bonds. The second kappa shape index (κ2) is 13.4. The number of hydrogen-bond donors (Lipinski definition) is 1. The van der Waals surface area contributed by atoms with E-state index in [9.17, 15) is 4.79 Å². The van der Waals surface area contributed by atoms with Crippen molar-refractivity contribution in [1.29, 1.82) is 0 Å². The quantitative estimate of drug-likeness (QED) is 0.178. The second-order valence-electron chi connectivity index (χ2n) is 11.2. The Balaban J connectivity index is 0.00000308. The van der Waals surface area contributed by atoms with Crippen LogP contribution in [0.4, 0.5) is 0 Å². The SMILES string of the molecule is Cl.O=C1/C(=C/c2sc(-c3ccc(Cl)cc3)cc2CCCCCN2CCNCC2)SC(=S)N1C1CC2CCC1C2. The van der Waals surface area contributed by atoms with E-state index >= 15 is 0 Å². The molecule has 3 heterocycles. The number of amides is 1. The molecule has 39 heavy (non-hydrogen) atoms. The Morgan fingerprint density at radius 2 is 1.87 bits per heavy atom. The molecule has 1 aromatic heterocycles. The van der Waals surface area contributed by atoms with Crippen LogP contribution < -0.4 is 5.32 Å². The molecule has 1 aromatic carbocycles. The first-order valence-electron chi connectivity index (χ1n) is 14.1. The van der Waals surface area contributed by atoms with Crippen LogP contribution in [0.3, 0.4) is 0 Å². The predicted molar refractivity (Wildman–Crippen MR) is 173 cm³/mol. The number of nitrogens with one attached hydrogen (secondary N) is 1. The van der Waals surface area contributed by atoms with E-state index in [0.717, 1.165) is 52.5 Å². The maximum Gasteiger partial charge on any atom is 0.266 e. The minimum absolute atomic E-state index is 0. The summed E-state index contributed by atoms with van der Waals surface area (Å²) in [6.45, 7) is 5.75. The van der Waals surface area contributed by atoms with Crippen LogP contribution >= 0.6 is 59.3 Å². The molecule has 4 fully saturated rings. The maximum absolute atomic E-state index is 13.6. The average Bonchev–Trinajstić information content (AvgIpc) is 3.70. The first kappa shape index (κ1) is 29.6. The summed E-state index contributed by atoms with van der Waals surface area (Å²) in [5.41, 5.74) is 2.51. The van der Waals surface area contributed by atoms with Gasteiger partial charge in [0.15, 0.2) is 0 Å². The zero-order chi connectivity index (χ0) is 26.1. The van der Waals surface area contributed by atoms with E-state index in [0.29, 0.717) is 12.0 Å². The van der Waals surface area contributed by atoms with E-state index in [1.807, 2.05) is 17.0 Å². The summed E-state index contributed by atoms with van der Waals surface area (Å²) < 4.78 is 0.753. The Bertz CT molecular complexity index is 1210. The van der Waals surface area contributed by atoms with Gasteiger partial charge in [0.1, 0.15) is 4.32 Å². The van der Waals surface area contributed by atoms with Crippen LogP contribution in [0.2, 0.25) is 5.02 Å². The van der Waals surface area contributed by atoms with E-state index < -0.39 is 0 Å². The van der Waals surface area contributed by atoms with E-state index in [1.54, 1.807) is 11.3 Å². The fraction of sp³-hybridized carbons (Fsp3) is 0.533. The highest BCUT2D eigenvalue weighted by Gasteiger charge is 2.48. The molecule has 6 rings (SSSR count). The molecule has 2 aliphatic heterocycles. The zero-order valence-electron chi connectivity index (χ0n) is 22.2. The van der Waals surface area contributed by atoms with Crippen molar-refractivity contribution in [2.75, 3.05) is 32.7 Å². The van der Waals surface area contributed by atoms with E-state index in [1.165, 1.54) is 84.4 Å². The lowest BCUT2D eigenvalue weighted by atomic mass is 9.94. The van der Waals surface area contributed by atoms with Gasteiger partial charge in [-0.1, -0.05) is 60.6 Å². The third kappa shape index (κ3) is 6.77. The van der Waals surface area contributed by atoms with E-state index in [-0.39, 0.29) is 18.3 Å². The molecule has 2 aromatic rings. The lowest BCUT2D eigenvalue weighted by molar-refractivity contribution is -0.124. The molecule has 3 atom stereocenters. The van der Waals surface area contributed by atoms with Crippen molar-refractivity contribution in [3.05, 3.63) is 50.7 Å². The first-order chi connectivity index (χ1) is 18.5. The highest BCUT2D eigenvalue weighted by atomic mass is 35.5. The Hall–Kier alpha value is -0.930. The summed E-state index contributed by atoms with van der Waals surface area (Å²) in [6, 6.07) is 10.7. The number of carbonyl (C=O) groups excluding carboxylic acids is 1. The molecule has 1 N–H and O–H groups in total. The molecule has 2 saturated carbocycles. The Kier molecular flexibility index (Phi) is 10.1. The van der Waals surface area contributed by atoms with Gasteiger partial charge in [0.05, 0.1) is 4.91 Å². The number of nitrogens with zero attached hydrogens (tertiary/aromatic N) is 2. The molecule has 210 valence electrons. The third-order valence-corrected chi connectivity index (χ3v) is 11.5. The first-order valence-corrected chi connectivity index (χ1v) is 16.6. The highest BCUT2D eigenvalue weighted by molar-refractivity contribution is 8.26. The van der Waals surface area contributed by atoms with Crippen molar-refractivity contribution in [3.63, 3.8) is 0 Å². The van der Waals surface area contributed by atoms with Gasteiger partial charge in [-0.15, -0.1) is 23.7 Å².